The Hall–Kier alpha value is -0.970. The van der Waals surface area contributed by atoms with Gasteiger partial charge in [-0.1, -0.05) is 0 Å². The van der Waals surface area contributed by atoms with Gasteiger partial charge in [-0.3, -0.25) is 0 Å². The molecule has 0 amide bonds. The summed E-state index contributed by atoms with van der Waals surface area (Å²) in [5, 5.41) is 16.9. The number of rotatable bonds is 2. The molecular weight excluding hydrogens is 275 g/mol. The second-order valence-corrected chi connectivity index (χ2v) is 2.19. The van der Waals surface area contributed by atoms with Gasteiger partial charge in [0, 0.05) is 0 Å². The molecule has 5 heteroatoms. The molecule has 0 heterocycles. The Labute approximate surface area is 93.0 Å². The molecule has 2 N–H and O–H groups in total. The van der Waals surface area contributed by atoms with E-state index in [1.165, 1.54) is 24.3 Å². The molecule has 0 aromatic heterocycles. The first-order chi connectivity index (χ1) is 5.61. The van der Waals surface area contributed by atoms with Gasteiger partial charge in [-0.2, -0.15) is 0 Å². The van der Waals surface area contributed by atoms with Crippen molar-refractivity contribution in [1.29, 1.82) is 0 Å². The van der Waals surface area contributed by atoms with Gasteiger partial charge in [0.2, 0.25) is 0 Å². The van der Waals surface area contributed by atoms with E-state index in [1.807, 2.05) is 0 Å². The summed E-state index contributed by atoms with van der Waals surface area (Å²) in [6, 6.07) is 5.02. The van der Waals surface area contributed by atoms with Crippen LogP contribution < -0.4 is 0 Å². The van der Waals surface area contributed by atoms with Gasteiger partial charge in [0.1, 0.15) is 0 Å². The van der Waals surface area contributed by atoms with Gasteiger partial charge >= 0.3 is 37.8 Å². The molecule has 0 aliphatic heterocycles. The predicted molar refractivity (Wildman–Crippen MR) is 50.3 cm³/mol. The average Bonchev–Trinajstić information content (AvgIpc) is 2.04. The molecule has 0 spiro atoms. The quantitative estimate of drug-likeness (QED) is 0.795. The van der Waals surface area contributed by atoms with Crippen LogP contribution in [0.4, 0.5) is 0 Å². The number of carboxylic acids is 2. The van der Waals surface area contributed by atoms with Gasteiger partial charge in [-0.25, -0.2) is 9.59 Å². The zero-order valence-electron chi connectivity index (χ0n) is 6.02. The molecule has 0 fully saturated rings. The molecule has 0 aliphatic rings. The molecule has 68 valence electrons. The van der Waals surface area contributed by atoms with Gasteiger partial charge < -0.3 is 10.2 Å². The molecule has 0 saturated heterocycles. The first-order valence-corrected chi connectivity index (χ1v) is 3.18. The Bertz CT molecular complexity index is 284. The summed E-state index contributed by atoms with van der Waals surface area (Å²) in [5.74, 6) is -2.13. The van der Waals surface area contributed by atoms with Crippen molar-refractivity contribution >= 4 is 37.8 Å². The SMILES string of the molecule is O=C(O)c1ccc(C(=O)O)cc1.[InH3]. The van der Waals surface area contributed by atoms with Crippen LogP contribution in [-0.2, 0) is 0 Å². The van der Waals surface area contributed by atoms with Crippen LogP contribution in [0.2, 0.25) is 0 Å². The van der Waals surface area contributed by atoms with E-state index in [4.69, 9.17) is 10.2 Å². The second-order valence-electron chi connectivity index (χ2n) is 2.19. The van der Waals surface area contributed by atoms with Gasteiger partial charge in [-0.15, -0.1) is 0 Å². The summed E-state index contributed by atoms with van der Waals surface area (Å²) in [4.78, 5) is 20.7. The second kappa shape index (κ2) is 4.91. The summed E-state index contributed by atoms with van der Waals surface area (Å²) in [6.07, 6.45) is 0. The van der Waals surface area contributed by atoms with Crippen LogP contribution >= 0.6 is 0 Å². The fourth-order valence-corrected chi connectivity index (χ4v) is 0.755. The average molecular weight is 284 g/mol. The fourth-order valence-electron chi connectivity index (χ4n) is 0.755. The van der Waals surface area contributed by atoms with Gasteiger partial charge in [0.05, 0.1) is 11.1 Å². The molecule has 1 aromatic rings. The third-order valence-corrected chi connectivity index (χ3v) is 1.38. The molecule has 0 atom stereocenters. The third-order valence-electron chi connectivity index (χ3n) is 1.38. The van der Waals surface area contributed by atoms with E-state index < -0.39 is 11.9 Å². The molecule has 1 rings (SSSR count). The molecule has 0 saturated carbocycles. The van der Waals surface area contributed by atoms with Crippen LogP contribution in [0.15, 0.2) is 24.3 Å². The first-order valence-electron chi connectivity index (χ1n) is 3.18. The van der Waals surface area contributed by atoms with E-state index in [1.54, 1.807) is 0 Å². The zero-order valence-corrected chi connectivity index (χ0v) is 6.02. The molecule has 1 aromatic carbocycles. The zero-order chi connectivity index (χ0) is 9.14. The fraction of sp³-hybridized carbons (Fsp3) is 0. The normalized spacial score (nSPS) is 8.62. The van der Waals surface area contributed by atoms with Crippen molar-refractivity contribution in [2.24, 2.45) is 0 Å². The Balaban J connectivity index is 0.00000144. The molecule has 0 bridgehead atoms. The Morgan fingerprint density at radius 2 is 1.08 bits per heavy atom. The van der Waals surface area contributed by atoms with E-state index in [2.05, 4.69) is 0 Å². The Morgan fingerprint density at radius 1 is 0.846 bits per heavy atom. The Morgan fingerprint density at radius 3 is 1.23 bits per heavy atom. The van der Waals surface area contributed by atoms with Crippen molar-refractivity contribution < 1.29 is 19.8 Å². The van der Waals surface area contributed by atoms with E-state index in [9.17, 15) is 9.59 Å². The van der Waals surface area contributed by atoms with Crippen molar-refractivity contribution in [3.8, 4) is 0 Å². The van der Waals surface area contributed by atoms with Gasteiger partial charge in [-0.05, 0) is 24.3 Å². The number of carbonyl (C=O) groups is 2. The van der Waals surface area contributed by atoms with Gasteiger partial charge in [0.25, 0.3) is 0 Å². The predicted octanol–water partition coefficient (Wildman–Crippen LogP) is -0.101. The van der Waals surface area contributed by atoms with Crippen LogP contribution in [0.3, 0.4) is 0 Å². The number of aromatic carboxylic acids is 2. The number of hydrogen-bond acceptors (Lipinski definition) is 2. The molecule has 13 heavy (non-hydrogen) atoms. The molecule has 0 unspecified atom stereocenters. The van der Waals surface area contributed by atoms with Crippen molar-refractivity contribution in [3.63, 3.8) is 0 Å². The van der Waals surface area contributed by atoms with E-state index in [-0.39, 0.29) is 37.0 Å². The van der Waals surface area contributed by atoms with Crippen LogP contribution in [0, 0.1) is 0 Å². The van der Waals surface area contributed by atoms with Gasteiger partial charge in [0.15, 0.2) is 0 Å². The van der Waals surface area contributed by atoms with Crippen LogP contribution in [0.1, 0.15) is 20.7 Å². The molecular formula is C8H9InO4. The topological polar surface area (TPSA) is 74.6 Å². The minimum absolute atomic E-state index is 0. The van der Waals surface area contributed by atoms with E-state index in [0.29, 0.717) is 0 Å². The number of benzene rings is 1. The summed E-state index contributed by atoms with van der Waals surface area (Å²) < 4.78 is 0. The van der Waals surface area contributed by atoms with Crippen LogP contribution in [0.5, 0.6) is 0 Å². The third kappa shape index (κ3) is 3.10. The number of carboxylic acid groups (broad SMARTS) is 2. The van der Waals surface area contributed by atoms with Crippen molar-refractivity contribution in [1.82, 2.24) is 0 Å². The van der Waals surface area contributed by atoms with Crippen LogP contribution in [0.25, 0.3) is 0 Å². The van der Waals surface area contributed by atoms with E-state index >= 15 is 0 Å². The van der Waals surface area contributed by atoms with E-state index in [0.717, 1.165) is 0 Å². The maximum absolute atomic E-state index is 10.3. The molecule has 0 aliphatic carbocycles. The Kier molecular flexibility index (Phi) is 4.55. The monoisotopic (exact) mass is 284 g/mol. The summed E-state index contributed by atoms with van der Waals surface area (Å²) in [5.41, 5.74) is 0.167. The van der Waals surface area contributed by atoms with Crippen molar-refractivity contribution in [3.05, 3.63) is 35.4 Å². The first kappa shape index (κ1) is 12.0. The van der Waals surface area contributed by atoms with Crippen molar-refractivity contribution in [2.45, 2.75) is 0 Å². The van der Waals surface area contributed by atoms with Crippen molar-refractivity contribution in [2.75, 3.05) is 0 Å². The summed E-state index contributed by atoms with van der Waals surface area (Å²) in [7, 11) is 0. The number of hydrogen-bond donors (Lipinski definition) is 2. The summed E-state index contributed by atoms with van der Waals surface area (Å²) in [6.45, 7) is 0. The molecule has 4 nitrogen and oxygen atoms in total. The maximum atomic E-state index is 10.3. The summed E-state index contributed by atoms with van der Waals surface area (Å²) >= 11 is 0. The molecule has 0 radical (unpaired) electrons. The standard InChI is InChI=1S/C8H6O4.In.3H/c9-7(10)5-1-2-6(4-3-5)8(11)12;;;;/h1-4H,(H,9,10)(H,11,12);;;;. The minimum atomic E-state index is -1.06. The van der Waals surface area contributed by atoms with Crippen LogP contribution in [-0.4, -0.2) is 48.0 Å².